The zero-order chi connectivity index (χ0) is 18.8. The van der Waals surface area contributed by atoms with Crippen molar-refractivity contribution in [1.29, 1.82) is 5.26 Å². The first-order chi connectivity index (χ1) is 11.7. The summed E-state index contributed by atoms with van der Waals surface area (Å²) in [5, 5.41) is 22.1. The number of hydrogen-bond donors (Lipinski definition) is 1. The Bertz CT molecular complexity index is 904. The predicted octanol–water partition coefficient (Wildman–Crippen LogP) is 3.93. The number of benzene rings is 2. The van der Waals surface area contributed by atoms with Gasteiger partial charge in [0, 0.05) is 17.7 Å². The van der Waals surface area contributed by atoms with E-state index in [9.17, 15) is 23.7 Å². The number of carbonyl (C=O) groups excluding carboxylic acids is 1. The average Bonchev–Trinajstić information content (AvgIpc) is 2.57. The summed E-state index contributed by atoms with van der Waals surface area (Å²) < 4.78 is 27.1. The lowest BCUT2D eigenvalue weighted by molar-refractivity contribution is -0.387. The number of carbonyl (C=O) groups is 1. The van der Waals surface area contributed by atoms with Gasteiger partial charge in [-0.3, -0.25) is 14.9 Å². The van der Waals surface area contributed by atoms with Crippen molar-refractivity contribution in [2.45, 2.75) is 19.3 Å². The van der Waals surface area contributed by atoms with Gasteiger partial charge >= 0.3 is 5.69 Å². The van der Waals surface area contributed by atoms with Crippen molar-refractivity contribution in [1.82, 2.24) is 0 Å². The molecule has 1 amide bonds. The van der Waals surface area contributed by atoms with Gasteiger partial charge in [-0.1, -0.05) is 12.1 Å². The molecule has 25 heavy (non-hydrogen) atoms. The van der Waals surface area contributed by atoms with Crippen molar-refractivity contribution in [3.05, 3.63) is 69.3 Å². The van der Waals surface area contributed by atoms with Crippen LogP contribution in [0.5, 0.6) is 0 Å². The third-order valence-electron chi connectivity index (χ3n) is 3.61. The SMILES string of the molecule is CC(C)(C#N)c1cccc(C(=O)Nc2cc([N+](=O)[O-])c(F)cc2F)c1. The molecule has 0 aromatic heterocycles. The van der Waals surface area contributed by atoms with Crippen LogP contribution in [0.15, 0.2) is 36.4 Å². The zero-order valence-corrected chi connectivity index (χ0v) is 13.3. The molecule has 0 atom stereocenters. The number of nitro groups is 1. The smallest absolute Gasteiger partial charge is 0.307 e. The van der Waals surface area contributed by atoms with Gasteiger partial charge in [0.1, 0.15) is 5.82 Å². The van der Waals surface area contributed by atoms with Crippen LogP contribution in [-0.4, -0.2) is 10.8 Å². The second-order valence-corrected chi connectivity index (χ2v) is 5.81. The van der Waals surface area contributed by atoms with Gasteiger partial charge in [0.15, 0.2) is 0 Å². The molecule has 6 nitrogen and oxygen atoms in total. The fourth-order valence-corrected chi connectivity index (χ4v) is 2.08. The molecule has 0 aliphatic carbocycles. The van der Waals surface area contributed by atoms with E-state index in [-0.39, 0.29) is 5.56 Å². The topological polar surface area (TPSA) is 96.0 Å². The van der Waals surface area contributed by atoms with Crippen LogP contribution in [0.4, 0.5) is 20.2 Å². The number of amides is 1. The first-order valence-electron chi connectivity index (χ1n) is 7.12. The van der Waals surface area contributed by atoms with Gasteiger partial charge < -0.3 is 5.32 Å². The number of halogens is 2. The van der Waals surface area contributed by atoms with Gasteiger partial charge in [0.05, 0.1) is 22.1 Å². The van der Waals surface area contributed by atoms with Crippen molar-refractivity contribution >= 4 is 17.3 Å². The Morgan fingerprint density at radius 2 is 1.92 bits per heavy atom. The molecule has 2 aromatic rings. The highest BCUT2D eigenvalue weighted by Gasteiger charge is 2.22. The summed E-state index contributed by atoms with van der Waals surface area (Å²) in [4.78, 5) is 22.0. The molecule has 0 bridgehead atoms. The number of rotatable bonds is 4. The molecule has 0 saturated carbocycles. The van der Waals surface area contributed by atoms with Gasteiger partial charge in [-0.15, -0.1) is 0 Å². The van der Waals surface area contributed by atoms with Gasteiger partial charge in [-0.25, -0.2) is 4.39 Å². The lowest BCUT2D eigenvalue weighted by Gasteiger charge is -2.16. The quantitative estimate of drug-likeness (QED) is 0.671. The number of nitrogens with one attached hydrogen (secondary N) is 1. The van der Waals surface area contributed by atoms with Gasteiger partial charge in [0.2, 0.25) is 5.82 Å². The van der Waals surface area contributed by atoms with E-state index in [0.717, 1.165) is 0 Å². The highest BCUT2D eigenvalue weighted by Crippen LogP contribution is 2.26. The number of nitrogens with zero attached hydrogens (tertiary/aromatic N) is 2. The summed E-state index contributed by atoms with van der Waals surface area (Å²) in [6.07, 6.45) is 0. The van der Waals surface area contributed by atoms with Crippen molar-refractivity contribution in [3.8, 4) is 6.07 Å². The number of nitriles is 1. The first-order valence-corrected chi connectivity index (χ1v) is 7.12. The molecule has 128 valence electrons. The lowest BCUT2D eigenvalue weighted by atomic mass is 9.85. The molecule has 0 radical (unpaired) electrons. The second-order valence-electron chi connectivity index (χ2n) is 5.81. The van der Waals surface area contributed by atoms with Crippen molar-refractivity contribution in [2.24, 2.45) is 0 Å². The molecule has 8 heteroatoms. The summed E-state index contributed by atoms with van der Waals surface area (Å²) in [5.74, 6) is -3.21. The largest absolute Gasteiger partial charge is 0.319 e. The Hall–Kier alpha value is -3.34. The van der Waals surface area contributed by atoms with Crippen LogP contribution in [0.1, 0.15) is 29.8 Å². The Morgan fingerprint density at radius 1 is 1.24 bits per heavy atom. The molecule has 2 rings (SSSR count). The fourth-order valence-electron chi connectivity index (χ4n) is 2.08. The van der Waals surface area contributed by atoms with Crippen LogP contribution in [0.25, 0.3) is 0 Å². The highest BCUT2D eigenvalue weighted by atomic mass is 19.1. The summed E-state index contributed by atoms with van der Waals surface area (Å²) in [5.41, 5.74) is -1.59. The Morgan fingerprint density at radius 3 is 2.52 bits per heavy atom. The van der Waals surface area contributed by atoms with Crippen LogP contribution in [0.3, 0.4) is 0 Å². The lowest BCUT2D eigenvalue weighted by Crippen LogP contribution is -2.17. The molecule has 2 aromatic carbocycles. The van der Waals surface area contributed by atoms with E-state index in [0.29, 0.717) is 17.7 Å². The standard InChI is InChI=1S/C17H13F2N3O3/c1-17(2,9-20)11-5-3-4-10(6-11)16(23)21-14-8-15(22(24)25)13(19)7-12(14)18/h3-8H,1-2H3,(H,21,23). The molecule has 1 N–H and O–H groups in total. The van der Waals surface area contributed by atoms with E-state index in [1.54, 1.807) is 26.0 Å². The van der Waals surface area contributed by atoms with E-state index >= 15 is 0 Å². The van der Waals surface area contributed by atoms with Gasteiger partial charge in [-0.05, 0) is 31.5 Å². The summed E-state index contributed by atoms with van der Waals surface area (Å²) in [6.45, 7) is 3.35. The van der Waals surface area contributed by atoms with Crippen LogP contribution in [-0.2, 0) is 5.41 Å². The Balaban J connectivity index is 2.35. The average molecular weight is 345 g/mol. The highest BCUT2D eigenvalue weighted by molar-refractivity contribution is 6.04. The molecule has 0 aliphatic heterocycles. The van der Waals surface area contributed by atoms with Crippen LogP contribution < -0.4 is 5.32 Å². The van der Waals surface area contributed by atoms with E-state index in [1.165, 1.54) is 12.1 Å². The molecule has 0 spiro atoms. The van der Waals surface area contributed by atoms with Crippen LogP contribution in [0.2, 0.25) is 0 Å². The van der Waals surface area contributed by atoms with Crippen molar-refractivity contribution < 1.29 is 18.5 Å². The maximum Gasteiger partial charge on any atom is 0.307 e. The van der Waals surface area contributed by atoms with E-state index in [4.69, 9.17) is 5.26 Å². The van der Waals surface area contributed by atoms with E-state index in [1.807, 2.05) is 0 Å². The number of anilines is 1. The molecule has 0 unspecified atom stereocenters. The molecule has 0 heterocycles. The van der Waals surface area contributed by atoms with Crippen LogP contribution >= 0.6 is 0 Å². The minimum absolute atomic E-state index is 0.132. The Labute approximate surface area is 141 Å². The van der Waals surface area contributed by atoms with Gasteiger partial charge in [0.25, 0.3) is 5.91 Å². The monoisotopic (exact) mass is 345 g/mol. The maximum atomic E-state index is 13.8. The third kappa shape index (κ3) is 3.77. The second kappa shape index (κ2) is 6.65. The third-order valence-corrected chi connectivity index (χ3v) is 3.61. The molecule has 0 aliphatic rings. The summed E-state index contributed by atoms with van der Waals surface area (Å²) >= 11 is 0. The first kappa shape index (κ1) is 18.0. The molecule has 0 fully saturated rings. The fraction of sp³-hybridized carbons (Fsp3) is 0.176. The summed E-state index contributed by atoms with van der Waals surface area (Å²) in [7, 11) is 0. The van der Waals surface area contributed by atoms with E-state index in [2.05, 4.69) is 11.4 Å². The predicted molar refractivity (Wildman–Crippen MR) is 86.0 cm³/mol. The number of hydrogen-bond acceptors (Lipinski definition) is 4. The minimum atomic E-state index is -1.33. The molecule has 0 saturated heterocycles. The van der Waals surface area contributed by atoms with Crippen molar-refractivity contribution in [3.63, 3.8) is 0 Å². The van der Waals surface area contributed by atoms with Crippen molar-refractivity contribution in [2.75, 3.05) is 5.32 Å². The molecular formula is C17H13F2N3O3. The van der Waals surface area contributed by atoms with Gasteiger partial charge in [-0.2, -0.15) is 9.65 Å². The maximum absolute atomic E-state index is 13.8. The normalized spacial score (nSPS) is 10.8. The van der Waals surface area contributed by atoms with Crippen LogP contribution in [0, 0.1) is 33.1 Å². The summed E-state index contributed by atoms with van der Waals surface area (Å²) in [6, 6.07) is 9.20. The van der Waals surface area contributed by atoms with E-state index < -0.39 is 39.3 Å². The number of nitro benzene ring substituents is 1. The zero-order valence-electron chi connectivity index (χ0n) is 13.3. The Kier molecular flexibility index (Phi) is 4.79. The minimum Gasteiger partial charge on any atom is -0.319 e. The molecular weight excluding hydrogens is 332 g/mol.